The molecule has 1 N–H and O–H groups in total. The minimum Gasteiger partial charge on any atom is -0.496 e. The fraction of sp³-hybridized carbons (Fsp3) is 0.269. The van der Waals surface area contributed by atoms with Crippen LogP contribution >= 0.6 is 0 Å². The van der Waals surface area contributed by atoms with E-state index in [0.717, 1.165) is 37.3 Å². The number of halogens is 3. The molecular formula is C26H26F3NO3. The van der Waals surface area contributed by atoms with E-state index in [1.165, 1.54) is 18.7 Å². The van der Waals surface area contributed by atoms with Crippen LogP contribution in [0.2, 0.25) is 0 Å². The molecule has 3 rings (SSSR count). The van der Waals surface area contributed by atoms with Gasteiger partial charge in [-0.1, -0.05) is 54.6 Å². The van der Waals surface area contributed by atoms with Gasteiger partial charge in [0.25, 0.3) is 0 Å². The summed E-state index contributed by atoms with van der Waals surface area (Å²) in [6, 6.07) is 19.9. The summed E-state index contributed by atoms with van der Waals surface area (Å²) in [6.07, 6.45) is -4.26. The zero-order chi connectivity index (χ0) is 23.8. The highest BCUT2D eigenvalue weighted by molar-refractivity contribution is 5.78. The van der Waals surface area contributed by atoms with Crippen LogP contribution in [0.25, 0.3) is 11.1 Å². The van der Waals surface area contributed by atoms with Gasteiger partial charge in [-0.25, -0.2) is 0 Å². The third-order valence-electron chi connectivity index (χ3n) is 5.35. The zero-order valence-electron chi connectivity index (χ0n) is 18.5. The Bertz CT molecular complexity index is 1080. The first kappa shape index (κ1) is 24.3. The van der Waals surface area contributed by atoms with Gasteiger partial charge in [0.1, 0.15) is 5.75 Å². The lowest BCUT2D eigenvalue weighted by molar-refractivity contribution is -0.141. The van der Waals surface area contributed by atoms with Gasteiger partial charge in [-0.15, -0.1) is 0 Å². The minimum absolute atomic E-state index is 0.0904. The van der Waals surface area contributed by atoms with E-state index in [-0.39, 0.29) is 11.3 Å². The van der Waals surface area contributed by atoms with Crippen molar-refractivity contribution in [2.75, 3.05) is 20.8 Å². The molecule has 0 aliphatic carbocycles. The van der Waals surface area contributed by atoms with Gasteiger partial charge in [-0.3, -0.25) is 4.79 Å². The number of methoxy groups -OCH3 is 2. The van der Waals surface area contributed by atoms with Gasteiger partial charge >= 0.3 is 12.1 Å². The molecule has 3 aromatic rings. The van der Waals surface area contributed by atoms with Gasteiger partial charge in [0, 0.05) is 12.1 Å². The Morgan fingerprint density at radius 2 is 1.61 bits per heavy atom. The Hall–Kier alpha value is -3.32. The average Bonchev–Trinajstić information content (AvgIpc) is 2.81. The van der Waals surface area contributed by atoms with Crippen molar-refractivity contribution in [3.05, 3.63) is 89.0 Å². The van der Waals surface area contributed by atoms with Crippen LogP contribution in [0.4, 0.5) is 13.2 Å². The van der Waals surface area contributed by atoms with E-state index in [1.54, 1.807) is 0 Å². The number of ether oxygens (including phenoxy) is 2. The number of rotatable bonds is 9. The van der Waals surface area contributed by atoms with Crippen molar-refractivity contribution in [1.29, 1.82) is 0 Å². The molecule has 0 saturated heterocycles. The van der Waals surface area contributed by atoms with E-state index in [1.807, 2.05) is 42.5 Å². The van der Waals surface area contributed by atoms with Gasteiger partial charge in [0.2, 0.25) is 0 Å². The summed E-state index contributed by atoms with van der Waals surface area (Å²) in [7, 11) is 2.48. The summed E-state index contributed by atoms with van der Waals surface area (Å²) in [6.45, 7) is 1.27. The van der Waals surface area contributed by atoms with Gasteiger partial charge in [0.15, 0.2) is 0 Å². The summed E-state index contributed by atoms with van der Waals surface area (Å²) in [4.78, 5) is 11.8. The van der Waals surface area contributed by atoms with Crippen molar-refractivity contribution in [2.24, 2.45) is 0 Å². The molecule has 0 bridgehead atoms. The smallest absolute Gasteiger partial charge is 0.416 e. The molecule has 0 radical (unpaired) electrons. The highest BCUT2D eigenvalue weighted by Crippen LogP contribution is 2.41. The number of alkyl halides is 3. The second-order valence-corrected chi connectivity index (χ2v) is 7.53. The van der Waals surface area contributed by atoms with Crippen LogP contribution in [-0.4, -0.2) is 26.7 Å². The Kier molecular flexibility index (Phi) is 8.11. The molecule has 0 aliphatic rings. The van der Waals surface area contributed by atoms with Crippen molar-refractivity contribution in [3.8, 4) is 16.9 Å². The lowest BCUT2D eigenvalue weighted by Gasteiger charge is -2.19. The normalized spacial score (nSPS) is 11.3. The quantitative estimate of drug-likeness (QED) is 0.344. The number of esters is 1. The largest absolute Gasteiger partial charge is 0.496 e. The first-order chi connectivity index (χ1) is 15.8. The Morgan fingerprint density at radius 3 is 2.27 bits per heavy atom. The standard InChI is InChI=1S/C26H26F3NO3/c1-32-24-16-23(26(27,28)29)20(15-25(31)33-2)14-22(24)21-11-7-6-10-19(21)17-30-13-12-18-8-4-3-5-9-18/h3-11,14,16,30H,12-13,15,17H2,1-2H3. The van der Waals surface area contributed by atoms with Gasteiger partial charge in [0.05, 0.1) is 26.2 Å². The fourth-order valence-electron chi connectivity index (χ4n) is 3.68. The molecule has 0 saturated carbocycles. The number of benzene rings is 3. The maximum atomic E-state index is 13.7. The molecule has 7 heteroatoms. The third kappa shape index (κ3) is 6.35. The minimum atomic E-state index is -4.63. The van der Waals surface area contributed by atoms with Gasteiger partial charge in [-0.2, -0.15) is 13.2 Å². The molecule has 0 fully saturated rings. The SMILES string of the molecule is COC(=O)Cc1cc(-c2ccccc2CNCCc2ccccc2)c(OC)cc1C(F)(F)F. The van der Waals surface area contributed by atoms with Crippen LogP contribution in [0.5, 0.6) is 5.75 Å². The molecule has 4 nitrogen and oxygen atoms in total. The number of carbonyl (C=O) groups is 1. The summed E-state index contributed by atoms with van der Waals surface area (Å²) >= 11 is 0. The molecule has 0 heterocycles. The van der Waals surface area contributed by atoms with Crippen molar-refractivity contribution in [3.63, 3.8) is 0 Å². The number of hydrogen-bond acceptors (Lipinski definition) is 4. The molecule has 0 amide bonds. The maximum Gasteiger partial charge on any atom is 0.416 e. The Morgan fingerprint density at radius 1 is 0.909 bits per heavy atom. The van der Waals surface area contributed by atoms with Crippen molar-refractivity contribution >= 4 is 5.97 Å². The number of hydrogen-bond donors (Lipinski definition) is 1. The first-order valence-electron chi connectivity index (χ1n) is 10.5. The van der Waals surface area contributed by atoms with E-state index < -0.39 is 24.1 Å². The summed E-state index contributed by atoms with van der Waals surface area (Å²) in [5.74, 6) is -0.653. The van der Waals surface area contributed by atoms with E-state index in [0.29, 0.717) is 12.1 Å². The number of carbonyl (C=O) groups excluding carboxylic acids is 1. The maximum absolute atomic E-state index is 13.7. The number of nitrogens with one attached hydrogen (secondary N) is 1. The van der Waals surface area contributed by atoms with Gasteiger partial charge < -0.3 is 14.8 Å². The van der Waals surface area contributed by atoms with Crippen LogP contribution in [-0.2, 0) is 35.1 Å². The fourth-order valence-corrected chi connectivity index (χ4v) is 3.68. The van der Waals surface area contributed by atoms with E-state index in [2.05, 4.69) is 22.2 Å². The first-order valence-corrected chi connectivity index (χ1v) is 10.5. The monoisotopic (exact) mass is 457 g/mol. The zero-order valence-corrected chi connectivity index (χ0v) is 18.5. The molecule has 0 spiro atoms. The molecule has 33 heavy (non-hydrogen) atoms. The highest BCUT2D eigenvalue weighted by atomic mass is 19.4. The molecule has 3 aromatic carbocycles. The lowest BCUT2D eigenvalue weighted by atomic mass is 9.93. The Balaban J connectivity index is 1.91. The van der Waals surface area contributed by atoms with Crippen LogP contribution < -0.4 is 10.1 Å². The van der Waals surface area contributed by atoms with Crippen LogP contribution in [0, 0.1) is 0 Å². The van der Waals surface area contributed by atoms with Crippen molar-refractivity contribution in [2.45, 2.75) is 25.6 Å². The molecule has 0 aromatic heterocycles. The average molecular weight is 457 g/mol. The van der Waals surface area contributed by atoms with E-state index in [4.69, 9.17) is 4.74 Å². The molecule has 0 atom stereocenters. The van der Waals surface area contributed by atoms with Gasteiger partial charge in [-0.05, 0) is 47.4 Å². The predicted molar refractivity (Wildman–Crippen MR) is 121 cm³/mol. The molecule has 174 valence electrons. The second-order valence-electron chi connectivity index (χ2n) is 7.53. The van der Waals surface area contributed by atoms with Crippen LogP contribution in [0.15, 0.2) is 66.7 Å². The van der Waals surface area contributed by atoms with Crippen LogP contribution in [0.3, 0.4) is 0 Å². The van der Waals surface area contributed by atoms with E-state index >= 15 is 0 Å². The van der Waals surface area contributed by atoms with E-state index in [9.17, 15) is 18.0 Å². The third-order valence-corrected chi connectivity index (χ3v) is 5.35. The molecular weight excluding hydrogens is 431 g/mol. The summed E-state index contributed by atoms with van der Waals surface area (Å²) < 4.78 is 50.9. The summed E-state index contributed by atoms with van der Waals surface area (Å²) in [5, 5.41) is 3.39. The summed E-state index contributed by atoms with van der Waals surface area (Å²) in [5.41, 5.74) is 2.29. The lowest BCUT2D eigenvalue weighted by Crippen LogP contribution is -2.17. The second kappa shape index (κ2) is 11.0. The van der Waals surface area contributed by atoms with Crippen molar-refractivity contribution < 1.29 is 27.4 Å². The molecule has 0 unspecified atom stereocenters. The molecule has 0 aliphatic heterocycles. The Labute approximate surface area is 191 Å². The van der Waals surface area contributed by atoms with Crippen molar-refractivity contribution in [1.82, 2.24) is 5.32 Å². The highest BCUT2D eigenvalue weighted by Gasteiger charge is 2.35. The van der Waals surface area contributed by atoms with Crippen LogP contribution in [0.1, 0.15) is 22.3 Å². The topological polar surface area (TPSA) is 47.6 Å². The predicted octanol–water partition coefficient (Wildman–Crippen LogP) is 5.43.